The van der Waals surface area contributed by atoms with E-state index in [9.17, 15) is 0 Å². The Balaban J connectivity index is 1.49. The number of aryl methyl sites for hydroxylation is 2. The third kappa shape index (κ3) is 3.82. The van der Waals surface area contributed by atoms with Crippen LogP contribution in [0.5, 0.6) is 0 Å². The molecule has 0 saturated carbocycles. The van der Waals surface area contributed by atoms with Crippen molar-refractivity contribution in [1.29, 1.82) is 0 Å². The molecule has 22 heavy (non-hydrogen) atoms. The largest absolute Gasteiger partial charge is 0.374 e. The van der Waals surface area contributed by atoms with Crippen LogP contribution in [0.3, 0.4) is 0 Å². The van der Waals surface area contributed by atoms with Crippen LogP contribution >= 0.6 is 0 Å². The molecule has 0 bridgehead atoms. The van der Waals surface area contributed by atoms with Crippen LogP contribution in [0.4, 0.5) is 5.69 Å². The standard InChI is InChI=1S/C19H30N2O/c1-15-11-16(2)13-18(12-15)21-8-5-17(6-9-21)20-14-19(3)7-4-10-22-19/h11-13,17,20H,4-10,14H2,1-3H3/t19-/m1/s1. The van der Waals surface area contributed by atoms with Gasteiger partial charge in [-0.25, -0.2) is 0 Å². The summed E-state index contributed by atoms with van der Waals surface area (Å²) in [5, 5.41) is 3.75. The molecule has 2 aliphatic rings. The highest BCUT2D eigenvalue weighted by Gasteiger charge is 2.30. The molecule has 2 fully saturated rings. The maximum absolute atomic E-state index is 5.88. The number of piperidine rings is 1. The molecule has 1 N–H and O–H groups in total. The average molecular weight is 302 g/mol. The zero-order valence-electron chi connectivity index (χ0n) is 14.3. The molecular formula is C19H30N2O. The van der Waals surface area contributed by atoms with Crippen LogP contribution in [0.15, 0.2) is 18.2 Å². The fraction of sp³-hybridized carbons (Fsp3) is 0.684. The maximum Gasteiger partial charge on any atom is 0.0779 e. The summed E-state index contributed by atoms with van der Waals surface area (Å²) in [6, 6.07) is 7.52. The van der Waals surface area contributed by atoms with Gasteiger partial charge in [-0.1, -0.05) is 6.07 Å². The summed E-state index contributed by atoms with van der Waals surface area (Å²) < 4.78 is 5.88. The van der Waals surface area contributed by atoms with Crippen LogP contribution in [0.1, 0.15) is 43.7 Å². The van der Waals surface area contributed by atoms with Gasteiger partial charge in [0.25, 0.3) is 0 Å². The first-order valence-corrected chi connectivity index (χ1v) is 8.75. The molecule has 3 rings (SSSR count). The van der Waals surface area contributed by atoms with Gasteiger partial charge < -0.3 is 15.0 Å². The monoisotopic (exact) mass is 302 g/mol. The van der Waals surface area contributed by atoms with E-state index in [4.69, 9.17) is 4.74 Å². The van der Waals surface area contributed by atoms with Crippen LogP contribution in [0.2, 0.25) is 0 Å². The van der Waals surface area contributed by atoms with E-state index < -0.39 is 0 Å². The number of hydrogen-bond donors (Lipinski definition) is 1. The molecule has 1 aromatic rings. The summed E-state index contributed by atoms with van der Waals surface area (Å²) in [5.74, 6) is 0. The number of ether oxygens (including phenoxy) is 1. The number of nitrogens with zero attached hydrogens (tertiary/aromatic N) is 1. The Morgan fingerprint density at radius 1 is 1.18 bits per heavy atom. The molecule has 0 aliphatic carbocycles. The first-order chi connectivity index (χ1) is 10.5. The topological polar surface area (TPSA) is 24.5 Å². The number of benzene rings is 1. The number of hydrogen-bond acceptors (Lipinski definition) is 3. The van der Waals surface area contributed by atoms with Gasteiger partial charge in [-0.2, -0.15) is 0 Å². The van der Waals surface area contributed by atoms with Crippen molar-refractivity contribution in [2.45, 2.75) is 58.1 Å². The zero-order chi connectivity index (χ0) is 15.6. The lowest BCUT2D eigenvalue weighted by atomic mass is 9.99. The molecular weight excluding hydrogens is 272 g/mol. The Bertz CT molecular complexity index is 480. The molecule has 0 unspecified atom stereocenters. The summed E-state index contributed by atoms with van der Waals surface area (Å²) >= 11 is 0. The maximum atomic E-state index is 5.88. The third-order valence-electron chi connectivity index (χ3n) is 5.13. The molecule has 2 saturated heterocycles. The highest BCUT2D eigenvalue weighted by atomic mass is 16.5. The fourth-order valence-electron chi connectivity index (χ4n) is 3.81. The molecule has 1 atom stereocenters. The van der Waals surface area contributed by atoms with E-state index in [1.807, 2.05) is 0 Å². The lowest BCUT2D eigenvalue weighted by molar-refractivity contribution is 0.0181. The van der Waals surface area contributed by atoms with E-state index >= 15 is 0 Å². The van der Waals surface area contributed by atoms with E-state index in [-0.39, 0.29) is 5.60 Å². The van der Waals surface area contributed by atoms with E-state index in [1.54, 1.807) is 0 Å². The Labute approximate surface area is 135 Å². The Morgan fingerprint density at radius 2 is 1.86 bits per heavy atom. The SMILES string of the molecule is Cc1cc(C)cc(N2CCC(NC[C@@]3(C)CCCO3)CC2)c1. The van der Waals surface area contributed by atoms with Gasteiger partial charge in [-0.05, 0) is 69.7 Å². The van der Waals surface area contributed by atoms with Crippen molar-refractivity contribution in [3.8, 4) is 0 Å². The number of anilines is 1. The molecule has 0 spiro atoms. The highest BCUT2D eigenvalue weighted by molar-refractivity contribution is 5.51. The normalized spacial score (nSPS) is 26.6. The van der Waals surface area contributed by atoms with E-state index in [0.29, 0.717) is 6.04 Å². The van der Waals surface area contributed by atoms with Gasteiger partial charge >= 0.3 is 0 Å². The summed E-state index contributed by atoms with van der Waals surface area (Å²) in [5.41, 5.74) is 4.19. The second-order valence-corrected chi connectivity index (χ2v) is 7.39. The van der Waals surface area contributed by atoms with Crippen LogP contribution in [0, 0.1) is 13.8 Å². The first kappa shape index (κ1) is 15.8. The smallest absolute Gasteiger partial charge is 0.0779 e. The van der Waals surface area contributed by atoms with Crippen LogP contribution in [0.25, 0.3) is 0 Å². The summed E-state index contributed by atoms with van der Waals surface area (Å²) in [6.45, 7) is 10.9. The van der Waals surface area contributed by atoms with Crippen molar-refractivity contribution in [1.82, 2.24) is 5.32 Å². The van der Waals surface area contributed by atoms with Gasteiger partial charge in [0, 0.05) is 38.0 Å². The van der Waals surface area contributed by atoms with Crippen molar-refractivity contribution in [3.63, 3.8) is 0 Å². The summed E-state index contributed by atoms with van der Waals surface area (Å²) in [6.07, 6.45) is 4.86. The van der Waals surface area contributed by atoms with Gasteiger partial charge in [0.2, 0.25) is 0 Å². The average Bonchev–Trinajstić information content (AvgIpc) is 2.92. The molecule has 0 aromatic heterocycles. The Morgan fingerprint density at radius 3 is 2.45 bits per heavy atom. The van der Waals surface area contributed by atoms with Gasteiger partial charge in [-0.15, -0.1) is 0 Å². The van der Waals surface area contributed by atoms with Crippen LogP contribution in [-0.4, -0.2) is 37.9 Å². The third-order valence-corrected chi connectivity index (χ3v) is 5.13. The summed E-state index contributed by atoms with van der Waals surface area (Å²) in [7, 11) is 0. The van der Waals surface area contributed by atoms with Crippen molar-refractivity contribution in [3.05, 3.63) is 29.3 Å². The minimum absolute atomic E-state index is 0.0742. The van der Waals surface area contributed by atoms with E-state index in [2.05, 4.69) is 49.2 Å². The number of nitrogens with one attached hydrogen (secondary N) is 1. The quantitative estimate of drug-likeness (QED) is 0.922. The van der Waals surface area contributed by atoms with Crippen LogP contribution in [-0.2, 0) is 4.74 Å². The van der Waals surface area contributed by atoms with E-state index in [0.717, 1.165) is 26.2 Å². The second-order valence-electron chi connectivity index (χ2n) is 7.39. The van der Waals surface area contributed by atoms with E-state index in [1.165, 1.54) is 42.5 Å². The van der Waals surface area contributed by atoms with Gasteiger partial charge in [0.15, 0.2) is 0 Å². The van der Waals surface area contributed by atoms with Crippen molar-refractivity contribution < 1.29 is 4.74 Å². The molecule has 3 nitrogen and oxygen atoms in total. The lowest BCUT2D eigenvalue weighted by Gasteiger charge is -2.36. The minimum Gasteiger partial charge on any atom is -0.374 e. The van der Waals surface area contributed by atoms with Gasteiger partial charge in [0.1, 0.15) is 0 Å². The second kappa shape index (κ2) is 6.59. The minimum atomic E-state index is 0.0742. The molecule has 0 radical (unpaired) electrons. The van der Waals surface area contributed by atoms with Crippen molar-refractivity contribution in [2.24, 2.45) is 0 Å². The molecule has 2 aliphatic heterocycles. The molecule has 122 valence electrons. The predicted molar refractivity (Wildman–Crippen MR) is 92.7 cm³/mol. The zero-order valence-corrected chi connectivity index (χ0v) is 14.3. The Hall–Kier alpha value is -1.06. The molecule has 0 amide bonds. The van der Waals surface area contributed by atoms with Gasteiger partial charge in [0.05, 0.1) is 5.60 Å². The van der Waals surface area contributed by atoms with Crippen LogP contribution < -0.4 is 10.2 Å². The summed E-state index contributed by atoms with van der Waals surface area (Å²) in [4.78, 5) is 2.53. The fourth-order valence-corrected chi connectivity index (χ4v) is 3.81. The predicted octanol–water partition coefficient (Wildman–Crippen LogP) is 3.43. The highest BCUT2D eigenvalue weighted by Crippen LogP contribution is 2.26. The Kier molecular flexibility index (Phi) is 4.74. The molecule has 1 aromatic carbocycles. The first-order valence-electron chi connectivity index (χ1n) is 8.75. The molecule has 2 heterocycles. The number of rotatable bonds is 4. The lowest BCUT2D eigenvalue weighted by Crippen LogP contribution is -2.47. The van der Waals surface area contributed by atoms with Crippen molar-refractivity contribution in [2.75, 3.05) is 31.1 Å². The van der Waals surface area contributed by atoms with Gasteiger partial charge in [-0.3, -0.25) is 0 Å². The molecule has 3 heteroatoms. The van der Waals surface area contributed by atoms with Crippen molar-refractivity contribution >= 4 is 5.69 Å².